The quantitative estimate of drug-likeness (QED) is 0.613. The number of ether oxygens (including phenoxy) is 1. The number of carbonyl (C=O) groups excluding carboxylic acids is 2. The van der Waals surface area contributed by atoms with Crippen LogP contribution < -0.4 is 10.1 Å². The van der Waals surface area contributed by atoms with Crippen molar-refractivity contribution in [2.75, 3.05) is 40.3 Å². The van der Waals surface area contributed by atoms with Gasteiger partial charge in [-0.2, -0.15) is 0 Å². The van der Waals surface area contributed by atoms with Crippen molar-refractivity contribution in [1.29, 1.82) is 0 Å². The van der Waals surface area contributed by atoms with Gasteiger partial charge in [0.25, 0.3) is 5.91 Å². The molecule has 2 aromatic carbocycles. The first-order chi connectivity index (χ1) is 15.5. The van der Waals surface area contributed by atoms with Crippen molar-refractivity contribution in [3.63, 3.8) is 0 Å². The summed E-state index contributed by atoms with van der Waals surface area (Å²) in [6.07, 6.45) is 2.19. The molecule has 0 saturated heterocycles. The van der Waals surface area contributed by atoms with E-state index in [4.69, 9.17) is 4.74 Å². The van der Waals surface area contributed by atoms with Crippen LogP contribution in [0, 0.1) is 0 Å². The summed E-state index contributed by atoms with van der Waals surface area (Å²) in [7, 11) is 3.40. The Morgan fingerprint density at radius 2 is 1.69 bits per heavy atom. The monoisotopic (exact) mass is 437 g/mol. The number of nitrogens with one attached hydrogen (secondary N) is 1. The fourth-order valence-corrected chi connectivity index (χ4v) is 4.59. The van der Waals surface area contributed by atoms with Gasteiger partial charge in [-0.05, 0) is 55.3 Å². The maximum absolute atomic E-state index is 13.5. The number of hydrogen-bond donors (Lipinski definition) is 1. The second-order valence-corrected chi connectivity index (χ2v) is 8.33. The Kier molecular flexibility index (Phi) is 8.28. The Balaban J connectivity index is 1.88. The topological polar surface area (TPSA) is 61.9 Å². The third-order valence-corrected chi connectivity index (χ3v) is 6.13. The van der Waals surface area contributed by atoms with E-state index < -0.39 is 5.92 Å². The van der Waals surface area contributed by atoms with Gasteiger partial charge in [0.05, 0.1) is 19.1 Å². The molecule has 6 heteroatoms. The van der Waals surface area contributed by atoms with Crippen LogP contribution in [0.15, 0.2) is 48.5 Å². The van der Waals surface area contributed by atoms with E-state index in [9.17, 15) is 9.59 Å². The van der Waals surface area contributed by atoms with Crippen LogP contribution >= 0.6 is 0 Å². The Labute approximate surface area is 191 Å². The van der Waals surface area contributed by atoms with Crippen molar-refractivity contribution in [2.24, 2.45) is 0 Å². The number of hydrogen-bond acceptors (Lipinski definition) is 4. The highest BCUT2D eigenvalue weighted by molar-refractivity contribution is 6.01. The Hall–Kier alpha value is -2.86. The second kappa shape index (κ2) is 11.1. The number of benzene rings is 2. The summed E-state index contributed by atoms with van der Waals surface area (Å²) >= 11 is 0. The Morgan fingerprint density at radius 1 is 1.03 bits per heavy atom. The van der Waals surface area contributed by atoms with Gasteiger partial charge in [-0.3, -0.25) is 9.59 Å². The number of carbonyl (C=O) groups is 2. The third-order valence-electron chi connectivity index (χ3n) is 6.13. The molecule has 2 atom stereocenters. The number of fused-ring (bicyclic) bond motifs is 1. The molecule has 0 radical (unpaired) electrons. The maximum atomic E-state index is 13.5. The Morgan fingerprint density at radius 3 is 2.31 bits per heavy atom. The van der Waals surface area contributed by atoms with Crippen molar-refractivity contribution in [3.05, 3.63) is 65.2 Å². The lowest BCUT2D eigenvalue weighted by Gasteiger charge is -2.40. The first-order valence-electron chi connectivity index (χ1n) is 11.5. The van der Waals surface area contributed by atoms with Gasteiger partial charge in [0.2, 0.25) is 5.91 Å². The summed E-state index contributed by atoms with van der Waals surface area (Å²) in [5.41, 5.74) is 2.29. The van der Waals surface area contributed by atoms with Gasteiger partial charge >= 0.3 is 0 Å². The Bertz CT molecular complexity index is 907. The zero-order valence-electron chi connectivity index (χ0n) is 19.6. The number of amides is 2. The molecule has 0 bridgehead atoms. The van der Waals surface area contributed by atoms with Crippen LogP contribution in [-0.4, -0.2) is 62.0 Å². The summed E-state index contributed by atoms with van der Waals surface area (Å²) in [6, 6.07) is 14.7. The predicted octanol–water partition coefficient (Wildman–Crippen LogP) is 3.84. The van der Waals surface area contributed by atoms with Gasteiger partial charge in [0.1, 0.15) is 5.75 Å². The molecule has 1 N–H and O–H groups in total. The van der Waals surface area contributed by atoms with E-state index in [1.165, 1.54) is 0 Å². The zero-order valence-corrected chi connectivity index (χ0v) is 19.6. The van der Waals surface area contributed by atoms with Gasteiger partial charge in [0.15, 0.2) is 0 Å². The molecule has 0 aliphatic carbocycles. The molecule has 1 heterocycles. The SMILES string of the molecule is CCCN(CCC)CCNC(=O)[C@@H]1c2ccccc2C(=O)N(C)[C@H]1c1ccc(OC)cc1. The first kappa shape index (κ1) is 23.8. The summed E-state index contributed by atoms with van der Waals surface area (Å²) in [4.78, 5) is 30.7. The lowest BCUT2D eigenvalue weighted by molar-refractivity contribution is -0.124. The van der Waals surface area contributed by atoms with Crippen LogP contribution in [-0.2, 0) is 4.79 Å². The van der Waals surface area contributed by atoms with E-state index in [0.717, 1.165) is 49.4 Å². The van der Waals surface area contributed by atoms with E-state index in [-0.39, 0.29) is 17.9 Å². The van der Waals surface area contributed by atoms with Crippen LogP contribution in [0.1, 0.15) is 60.1 Å². The van der Waals surface area contributed by atoms with Crippen LogP contribution in [0.25, 0.3) is 0 Å². The molecule has 0 aromatic heterocycles. The van der Waals surface area contributed by atoms with Gasteiger partial charge in [0, 0.05) is 25.7 Å². The third kappa shape index (κ3) is 5.13. The fourth-order valence-electron chi connectivity index (χ4n) is 4.59. The van der Waals surface area contributed by atoms with Crippen LogP contribution in [0.3, 0.4) is 0 Å². The summed E-state index contributed by atoms with van der Waals surface area (Å²) < 4.78 is 5.29. The van der Waals surface area contributed by atoms with E-state index in [1.807, 2.05) is 48.5 Å². The molecule has 0 saturated carbocycles. The van der Waals surface area contributed by atoms with Gasteiger partial charge in [-0.25, -0.2) is 0 Å². The molecule has 0 spiro atoms. The number of nitrogens with zero attached hydrogens (tertiary/aromatic N) is 2. The first-order valence-corrected chi connectivity index (χ1v) is 11.5. The van der Waals surface area contributed by atoms with Gasteiger partial charge < -0.3 is 19.9 Å². The minimum atomic E-state index is -0.479. The summed E-state index contributed by atoms with van der Waals surface area (Å²) in [5.74, 6) is 0.146. The molecular formula is C26H35N3O3. The summed E-state index contributed by atoms with van der Waals surface area (Å²) in [5, 5.41) is 3.15. The maximum Gasteiger partial charge on any atom is 0.254 e. The smallest absolute Gasteiger partial charge is 0.254 e. The molecule has 1 aliphatic heterocycles. The molecule has 32 heavy (non-hydrogen) atoms. The number of likely N-dealkylation sites (N-methyl/N-ethyl adjacent to an activating group) is 1. The largest absolute Gasteiger partial charge is 0.497 e. The molecule has 172 valence electrons. The van der Waals surface area contributed by atoms with Crippen molar-refractivity contribution < 1.29 is 14.3 Å². The van der Waals surface area contributed by atoms with Crippen LogP contribution in [0.5, 0.6) is 5.75 Å². The number of methoxy groups -OCH3 is 1. The predicted molar refractivity (Wildman–Crippen MR) is 127 cm³/mol. The standard InChI is InChI=1S/C26H35N3O3/c1-5-16-29(17-6-2)18-15-27-25(30)23-21-9-7-8-10-22(21)26(31)28(3)24(23)19-11-13-20(32-4)14-12-19/h7-14,23-24H,5-6,15-18H2,1-4H3,(H,27,30)/t23-,24+/m1/s1. The lowest BCUT2D eigenvalue weighted by Crippen LogP contribution is -2.46. The van der Waals surface area contributed by atoms with E-state index in [1.54, 1.807) is 19.1 Å². The molecule has 0 fully saturated rings. The average molecular weight is 438 g/mol. The summed E-state index contributed by atoms with van der Waals surface area (Å²) in [6.45, 7) is 7.82. The van der Waals surface area contributed by atoms with E-state index >= 15 is 0 Å². The average Bonchev–Trinajstić information content (AvgIpc) is 2.81. The fraction of sp³-hybridized carbons (Fsp3) is 0.462. The zero-order chi connectivity index (χ0) is 23.1. The van der Waals surface area contributed by atoms with Crippen molar-refractivity contribution >= 4 is 11.8 Å². The minimum absolute atomic E-state index is 0.0504. The van der Waals surface area contributed by atoms with Crippen molar-refractivity contribution in [2.45, 2.75) is 38.6 Å². The molecule has 3 rings (SSSR count). The van der Waals surface area contributed by atoms with Crippen molar-refractivity contribution in [3.8, 4) is 5.75 Å². The molecule has 2 amide bonds. The van der Waals surface area contributed by atoms with E-state index in [2.05, 4.69) is 24.1 Å². The molecule has 1 aliphatic rings. The van der Waals surface area contributed by atoms with Crippen LogP contribution in [0.2, 0.25) is 0 Å². The molecule has 0 unspecified atom stereocenters. The highest BCUT2D eigenvalue weighted by Crippen LogP contribution is 2.42. The molecule has 6 nitrogen and oxygen atoms in total. The normalized spacial score (nSPS) is 17.9. The highest BCUT2D eigenvalue weighted by Gasteiger charge is 2.42. The minimum Gasteiger partial charge on any atom is -0.497 e. The van der Waals surface area contributed by atoms with Gasteiger partial charge in [-0.1, -0.05) is 44.2 Å². The van der Waals surface area contributed by atoms with Crippen molar-refractivity contribution in [1.82, 2.24) is 15.1 Å². The van der Waals surface area contributed by atoms with E-state index in [0.29, 0.717) is 12.1 Å². The lowest BCUT2D eigenvalue weighted by atomic mass is 9.79. The highest BCUT2D eigenvalue weighted by atomic mass is 16.5. The number of rotatable bonds is 10. The molecule has 2 aromatic rings. The van der Waals surface area contributed by atoms with Crippen LogP contribution in [0.4, 0.5) is 0 Å². The molecular weight excluding hydrogens is 402 g/mol. The van der Waals surface area contributed by atoms with Gasteiger partial charge in [-0.15, -0.1) is 0 Å². The second-order valence-electron chi connectivity index (χ2n) is 8.33.